The summed E-state index contributed by atoms with van der Waals surface area (Å²) in [6, 6.07) is 19.1. The van der Waals surface area contributed by atoms with Crippen LogP contribution >= 0.6 is 0 Å². The van der Waals surface area contributed by atoms with E-state index in [-0.39, 0.29) is 17.7 Å². The van der Waals surface area contributed by atoms with Gasteiger partial charge in [0.1, 0.15) is 11.7 Å². The highest BCUT2D eigenvalue weighted by molar-refractivity contribution is 6.00. The zero-order valence-electron chi connectivity index (χ0n) is 15.7. The van der Waals surface area contributed by atoms with Crippen LogP contribution in [0.4, 0.5) is 21.9 Å². The number of ether oxygens (including phenoxy) is 1. The van der Waals surface area contributed by atoms with Crippen molar-refractivity contribution in [3.63, 3.8) is 0 Å². The number of carbonyl (C=O) groups is 2. The molecule has 0 aliphatic carbocycles. The summed E-state index contributed by atoms with van der Waals surface area (Å²) in [5.41, 5.74) is 7.63. The van der Waals surface area contributed by atoms with Crippen molar-refractivity contribution >= 4 is 29.1 Å². The third-order valence-corrected chi connectivity index (χ3v) is 4.95. The first-order valence-electron chi connectivity index (χ1n) is 9.18. The van der Waals surface area contributed by atoms with Crippen LogP contribution in [0.1, 0.15) is 27.6 Å². The van der Waals surface area contributed by atoms with E-state index in [0.717, 1.165) is 5.56 Å². The molecule has 2 amide bonds. The van der Waals surface area contributed by atoms with E-state index >= 15 is 0 Å². The molecule has 8 heteroatoms. The number of nitrogens with two attached hydrogens (primary N) is 1. The number of anilines is 2. The molecule has 1 atom stereocenters. The predicted octanol–water partition coefficient (Wildman–Crippen LogP) is 4.27. The second-order valence-electron chi connectivity index (χ2n) is 6.73. The van der Waals surface area contributed by atoms with Crippen LogP contribution < -0.4 is 10.6 Å². The highest BCUT2D eigenvalue weighted by Crippen LogP contribution is 2.41. The van der Waals surface area contributed by atoms with Crippen molar-refractivity contribution in [2.75, 3.05) is 4.90 Å². The van der Waals surface area contributed by atoms with E-state index in [4.69, 9.17) is 10.5 Å². The molecular formula is C22H17N3O5. The third-order valence-electron chi connectivity index (χ3n) is 4.95. The van der Waals surface area contributed by atoms with Gasteiger partial charge in [-0.3, -0.25) is 15.0 Å². The largest absolute Gasteiger partial charge is 0.453 e. The standard InChI is InChI=1S/C22H17N3O5/c23-22(27)24-17-10-4-1-7-14(17)13-20(15-8-2-5-11-18(15)24)30-21(26)16-9-3-6-12-19(16)25(28)29/h1-12,20H,13H2,(H2,23,27). The van der Waals surface area contributed by atoms with Gasteiger partial charge in [-0.2, -0.15) is 0 Å². The number of hydrogen-bond acceptors (Lipinski definition) is 5. The highest BCUT2D eigenvalue weighted by Gasteiger charge is 2.32. The van der Waals surface area contributed by atoms with Gasteiger partial charge in [-0.25, -0.2) is 9.59 Å². The molecule has 3 aromatic carbocycles. The number of nitrogens with zero attached hydrogens (tertiary/aromatic N) is 2. The van der Waals surface area contributed by atoms with Gasteiger partial charge in [0, 0.05) is 18.1 Å². The van der Waals surface area contributed by atoms with Gasteiger partial charge >= 0.3 is 12.0 Å². The Labute approximate surface area is 171 Å². The molecule has 3 aromatic rings. The van der Waals surface area contributed by atoms with Gasteiger partial charge in [-0.1, -0.05) is 48.5 Å². The van der Waals surface area contributed by atoms with Crippen LogP contribution in [0.5, 0.6) is 0 Å². The fraction of sp³-hybridized carbons (Fsp3) is 0.0909. The SMILES string of the molecule is NC(=O)N1c2ccccc2CC(OC(=O)c2ccccc2[N+](=O)[O-])c2ccccc21. The van der Waals surface area contributed by atoms with Gasteiger partial charge in [0.25, 0.3) is 5.69 Å². The number of amides is 2. The lowest BCUT2D eigenvalue weighted by Crippen LogP contribution is -2.32. The molecule has 1 unspecified atom stereocenters. The first kappa shape index (κ1) is 19.1. The molecule has 0 fully saturated rings. The minimum atomic E-state index is -0.813. The molecule has 0 saturated heterocycles. The van der Waals surface area contributed by atoms with E-state index in [1.165, 1.54) is 29.2 Å². The van der Waals surface area contributed by atoms with Gasteiger partial charge in [0.15, 0.2) is 0 Å². The summed E-state index contributed by atoms with van der Waals surface area (Å²) in [5.74, 6) is -0.813. The van der Waals surface area contributed by atoms with Crippen molar-refractivity contribution in [2.45, 2.75) is 12.5 Å². The van der Waals surface area contributed by atoms with Crippen molar-refractivity contribution in [1.29, 1.82) is 0 Å². The van der Waals surface area contributed by atoms with Crippen molar-refractivity contribution in [3.8, 4) is 0 Å². The summed E-state index contributed by atoms with van der Waals surface area (Å²) in [6.07, 6.45) is -0.484. The number of primary amides is 1. The van der Waals surface area contributed by atoms with Gasteiger partial charge in [-0.05, 0) is 23.8 Å². The number of fused-ring (bicyclic) bond motifs is 2. The molecule has 1 aliphatic rings. The smallest absolute Gasteiger partial charge is 0.345 e. The summed E-state index contributed by atoms with van der Waals surface area (Å²) >= 11 is 0. The summed E-state index contributed by atoms with van der Waals surface area (Å²) in [4.78, 5) is 37.2. The minimum Gasteiger partial charge on any atom is -0.453 e. The van der Waals surface area contributed by atoms with Crippen LogP contribution in [0.25, 0.3) is 0 Å². The molecule has 1 aliphatic heterocycles. The molecule has 0 saturated carbocycles. The monoisotopic (exact) mass is 403 g/mol. The summed E-state index contributed by atoms with van der Waals surface area (Å²) in [6.45, 7) is 0. The molecule has 0 radical (unpaired) electrons. The molecule has 0 spiro atoms. The number of nitro groups is 1. The number of carbonyl (C=O) groups excluding carboxylic acids is 2. The first-order valence-corrected chi connectivity index (χ1v) is 9.18. The molecule has 30 heavy (non-hydrogen) atoms. The number of benzene rings is 3. The van der Waals surface area contributed by atoms with Crippen LogP contribution in [0.2, 0.25) is 0 Å². The van der Waals surface area contributed by atoms with Crippen molar-refractivity contribution < 1.29 is 19.2 Å². The Morgan fingerprint density at radius 2 is 1.60 bits per heavy atom. The Morgan fingerprint density at radius 1 is 0.967 bits per heavy atom. The Hall–Kier alpha value is -4.20. The quantitative estimate of drug-likeness (QED) is 0.398. The van der Waals surface area contributed by atoms with Crippen LogP contribution in [-0.2, 0) is 11.2 Å². The fourth-order valence-corrected chi connectivity index (χ4v) is 3.65. The summed E-state index contributed by atoms with van der Waals surface area (Å²) < 4.78 is 5.74. The lowest BCUT2D eigenvalue weighted by Gasteiger charge is -2.23. The van der Waals surface area contributed by atoms with E-state index in [1.807, 2.05) is 12.1 Å². The fourth-order valence-electron chi connectivity index (χ4n) is 3.65. The lowest BCUT2D eigenvalue weighted by molar-refractivity contribution is -0.385. The van der Waals surface area contributed by atoms with Gasteiger partial charge in [0.2, 0.25) is 0 Å². The predicted molar refractivity (Wildman–Crippen MR) is 110 cm³/mol. The van der Waals surface area contributed by atoms with Gasteiger partial charge < -0.3 is 10.5 Å². The van der Waals surface area contributed by atoms with E-state index < -0.39 is 23.0 Å². The number of rotatable bonds is 3. The average Bonchev–Trinajstić information content (AvgIpc) is 2.88. The first-order chi connectivity index (χ1) is 14.5. The second kappa shape index (κ2) is 7.67. The van der Waals surface area contributed by atoms with E-state index in [0.29, 0.717) is 16.9 Å². The van der Waals surface area contributed by atoms with Crippen LogP contribution in [0.3, 0.4) is 0 Å². The lowest BCUT2D eigenvalue weighted by atomic mass is 10.0. The Kier molecular flexibility index (Phi) is 4.89. The number of esters is 1. The highest BCUT2D eigenvalue weighted by atomic mass is 16.6. The van der Waals surface area contributed by atoms with E-state index in [2.05, 4.69) is 0 Å². The Morgan fingerprint density at radius 3 is 2.33 bits per heavy atom. The molecule has 2 N–H and O–H groups in total. The zero-order chi connectivity index (χ0) is 21.3. The van der Waals surface area contributed by atoms with Crippen LogP contribution in [0, 0.1) is 10.1 Å². The number of para-hydroxylation sites is 3. The topological polar surface area (TPSA) is 116 Å². The Bertz CT molecular complexity index is 1160. The maximum atomic E-state index is 12.9. The Balaban J connectivity index is 1.79. The maximum Gasteiger partial charge on any atom is 0.345 e. The normalized spacial score (nSPS) is 14.8. The molecular weight excluding hydrogens is 386 g/mol. The molecule has 4 rings (SSSR count). The number of nitro benzene ring substituents is 1. The molecule has 1 heterocycles. The van der Waals surface area contributed by atoms with Crippen LogP contribution in [-0.4, -0.2) is 16.9 Å². The van der Waals surface area contributed by atoms with Crippen molar-refractivity contribution in [2.24, 2.45) is 5.73 Å². The maximum absolute atomic E-state index is 12.9. The molecule has 0 aromatic heterocycles. The summed E-state index contributed by atoms with van der Waals surface area (Å²) in [5, 5.41) is 11.3. The van der Waals surface area contributed by atoms with Crippen molar-refractivity contribution in [1.82, 2.24) is 0 Å². The molecule has 8 nitrogen and oxygen atoms in total. The molecule has 0 bridgehead atoms. The van der Waals surface area contributed by atoms with Gasteiger partial charge in [-0.15, -0.1) is 0 Å². The van der Waals surface area contributed by atoms with E-state index in [9.17, 15) is 19.7 Å². The zero-order valence-corrected chi connectivity index (χ0v) is 15.7. The van der Waals surface area contributed by atoms with E-state index in [1.54, 1.807) is 36.4 Å². The second-order valence-corrected chi connectivity index (χ2v) is 6.73. The minimum absolute atomic E-state index is 0.135. The summed E-state index contributed by atoms with van der Waals surface area (Å²) in [7, 11) is 0. The number of hydrogen-bond donors (Lipinski definition) is 1. The molecule has 150 valence electrons. The average molecular weight is 403 g/mol. The third kappa shape index (κ3) is 3.35. The van der Waals surface area contributed by atoms with Gasteiger partial charge in [0.05, 0.1) is 16.3 Å². The van der Waals surface area contributed by atoms with Crippen LogP contribution in [0.15, 0.2) is 72.8 Å². The van der Waals surface area contributed by atoms with Crippen molar-refractivity contribution in [3.05, 3.63) is 99.6 Å². The number of urea groups is 1.